The zero-order valence-corrected chi connectivity index (χ0v) is 12.8. The van der Waals surface area contributed by atoms with Gasteiger partial charge in [-0.2, -0.15) is 0 Å². The number of aromatic amines is 1. The van der Waals surface area contributed by atoms with Crippen molar-refractivity contribution in [2.45, 2.75) is 39.8 Å². The Kier molecular flexibility index (Phi) is 4.62. The van der Waals surface area contributed by atoms with Crippen LogP contribution in [0.25, 0.3) is 0 Å². The van der Waals surface area contributed by atoms with Crippen molar-refractivity contribution in [1.29, 1.82) is 0 Å². The van der Waals surface area contributed by atoms with Crippen molar-refractivity contribution in [1.82, 2.24) is 9.97 Å². The van der Waals surface area contributed by atoms with Crippen molar-refractivity contribution in [2.24, 2.45) is 0 Å². The second-order valence-corrected chi connectivity index (χ2v) is 5.37. The lowest BCUT2D eigenvalue weighted by atomic mass is 10.1. The quantitative estimate of drug-likeness (QED) is 0.827. The highest BCUT2D eigenvalue weighted by Gasteiger charge is 2.14. The Morgan fingerprint density at radius 3 is 2.71 bits per heavy atom. The van der Waals surface area contributed by atoms with Crippen molar-refractivity contribution in [2.75, 3.05) is 10.6 Å². The number of aromatic nitrogens is 2. The average molecular weight is 286 g/mol. The smallest absolute Gasteiger partial charge is 0.252 e. The number of anilines is 2. The van der Waals surface area contributed by atoms with Gasteiger partial charge in [0.15, 0.2) is 0 Å². The Labute approximate surface area is 124 Å². The number of H-pyrrole nitrogens is 1. The van der Waals surface area contributed by atoms with Crippen molar-refractivity contribution in [3.05, 3.63) is 52.1 Å². The highest BCUT2D eigenvalue weighted by molar-refractivity contribution is 5.44. The first kappa shape index (κ1) is 15.1. The minimum atomic E-state index is -0.116. The molecule has 2 aromatic rings. The number of nitrogens with zero attached hydrogens (tertiary/aromatic N) is 2. The molecule has 1 heterocycles. The summed E-state index contributed by atoms with van der Waals surface area (Å²) in [5.41, 5.74) is 7.55. The standard InChI is InChI=1S/C16H22N4O/c1-4-14-18-15(9-16(21)19-14)20(11(2)3)10-12-6-5-7-13(17)8-12/h5-9,11H,4,10,17H2,1-3H3,(H,18,19,21). The van der Waals surface area contributed by atoms with Crippen LogP contribution in [0.4, 0.5) is 11.5 Å². The molecular formula is C16H22N4O. The summed E-state index contributed by atoms with van der Waals surface area (Å²) in [7, 11) is 0. The molecule has 0 amide bonds. The van der Waals surface area contributed by atoms with Crippen LogP contribution in [0.2, 0.25) is 0 Å². The monoisotopic (exact) mass is 286 g/mol. The lowest BCUT2D eigenvalue weighted by Gasteiger charge is -2.28. The molecule has 112 valence electrons. The van der Waals surface area contributed by atoms with E-state index in [0.29, 0.717) is 24.6 Å². The summed E-state index contributed by atoms with van der Waals surface area (Å²) in [6.45, 7) is 6.81. The van der Waals surface area contributed by atoms with Crippen molar-refractivity contribution >= 4 is 11.5 Å². The third-order valence-electron chi connectivity index (χ3n) is 3.33. The fourth-order valence-electron chi connectivity index (χ4n) is 2.22. The minimum Gasteiger partial charge on any atom is -0.399 e. The zero-order valence-electron chi connectivity index (χ0n) is 12.8. The maximum atomic E-state index is 11.8. The third kappa shape index (κ3) is 3.84. The molecule has 0 aliphatic heterocycles. The summed E-state index contributed by atoms with van der Waals surface area (Å²) < 4.78 is 0. The molecule has 0 unspecified atom stereocenters. The summed E-state index contributed by atoms with van der Waals surface area (Å²) in [5, 5.41) is 0. The second-order valence-electron chi connectivity index (χ2n) is 5.37. The van der Waals surface area contributed by atoms with Gasteiger partial charge in [-0.25, -0.2) is 4.98 Å². The maximum Gasteiger partial charge on any atom is 0.252 e. The van der Waals surface area contributed by atoms with Crippen LogP contribution in [0.15, 0.2) is 35.1 Å². The Balaban J connectivity index is 2.35. The molecular weight excluding hydrogens is 264 g/mol. The van der Waals surface area contributed by atoms with Gasteiger partial charge in [0, 0.05) is 30.8 Å². The second kappa shape index (κ2) is 6.43. The largest absolute Gasteiger partial charge is 0.399 e. The molecule has 2 rings (SSSR count). The number of hydrogen-bond acceptors (Lipinski definition) is 4. The number of nitrogen functional groups attached to an aromatic ring is 1. The van der Waals surface area contributed by atoms with E-state index in [2.05, 4.69) is 28.7 Å². The Morgan fingerprint density at radius 2 is 2.10 bits per heavy atom. The van der Waals surface area contributed by atoms with Gasteiger partial charge in [-0.3, -0.25) is 4.79 Å². The van der Waals surface area contributed by atoms with Crippen molar-refractivity contribution in [3.63, 3.8) is 0 Å². The van der Waals surface area contributed by atoms with E-state index in [-0.39, 0.29) is 11.6 Å². The van der Waals surface area contributed by atoms with Gasteiger partial charge < -0.3 is 15.6 Å². The molecule has 21 heavy (non-hydrogen) atoms. The van der Waals surface area contributed by atoms with Crippen LogP contribution >= 0.6 is 0 Å². The predicted molar refractivity (Wildman–Crippen MR) is 86.4 cm³/mol. The maximum absolute atomic E-state index is 11.8. The molecule has 1 aromatic carbocycles. The van der Waals surface area contributed by atoms with Gasteiger partial charge in [-0.15, -0.1) is 0 Å². The van der Waals surface area contributed by atoms with Gasteiger partial charge in [0.2, 0.25) is 0 Å². The molecule has 0 bridgehead atoms. The van der Waals surface area contributed by atoms with E-state index >= 15 is 0 Å². The van der Waals surface area contributed by atoms with E-state index in [4.69, 9.17) is 5.73 Å². The number of hydrogen-bond donors (Lipinski definition) is 2. The molecule has 0 fully saturated rings. The van der Waals surface area contributed by atoms with Crippen LogP contribution in [-0.4, -0.2) is 16.0 Å². The molecule has 1 aromatic heterocycles. The Hall–Kier alpha value is -2.30. The van der Waals surface area contributed by atoms with Crippen LogP contribution < -0.4 is 16.2 Å². The third-order valence-corrected chi connectivity index (χ3v) is 3.33. The van der Waals surface area contributed by atoms with Crippen molar-refractivity contribution < 1.29 is 0 Å². The number of benzene rings is 1. The molecule has 0 saturated heterocycles. The molecule has 5 heteroatoms. The first-order valence-electron chi connectivity index (χ1n) is 7.21. The topological polar surface area (TPSA) is 75.0 Å². The summed E-state index contributed by atoms with van der Waals surface area (Å²) in [5.74, 6) is 1.41. The summed E-state index contributed by atoms with van der Waals surface area (Å²) >= 11 is 0. The number of nitrogens with two attached hydrogens (primary N) is 1. The van der Waals surface area contributed by atoms with E-state index in [1.165, 1.54) is 0 Å². The molecule has 0 saturated carbocycles. The fraction of sp³-hybridized carbons (Fsp3) is 0.375. The lowest BCUT2D eigenvalue weighted by Crippen LogP contribution is -2.32. The van der Waals surface area contributed by atoms with Gasteiger partial charge in [0.25, 0.3) is 5.56 Å². The number of nitrogens with one attached hydrogen (secondary N) is 1. The highest BCUT2D eigenvalue weighted by Crippen LogP contribution is 2.18. The van der Waals surface area contributed by atoms with Crippen molar-refractivity contribution in [3.8, 4) is 0 Å². The van der Waals surface area contributed by atoms with Crippen LogP contribution in [0.3, 0.4) is 0 Å². The molecule has 0 radical (unpaired) electrons. The summed E-state index contributed by atoms with van der Waals surface area (Å²) in [6, 6.07) is 9.55. The van der Waals surface area contributed by atoms with E-state index in [1.54, 1.807) is 6.07 Å². The van der Waals surface area contributed by atoms with Gasteiger partial charge >= 0.3 is 0 Å². The highest BCUT2D eigenvalue weighted by atomic mass is 16.1. The average Bonchev–Trinajstić information content (AvgIpc) is 2.43. The van der Waals surface area contributed by atoms with Crippen LogP contribution in [0, 0.1) is 0 Å². The number of aryl methyl sites for hydroxylation is 1. The lowest BCUT2D eigenvalue weighted by molar-refractivity contribution is 0.667. The molecule has 0 atom stereocenters. The van der Waals surface area contributed by atoms with Crippen LogP contribution in [-0.2, 0) is 13.0 Å². The first-order chi connectivity index (χ1) is 9.99. The van der Waals surface area contributed by atoms with E-state index < -0.39 is 0 Å². The van der Waals surface area contributed by atoms with E-state index in [0.717, 1.165) is 11.3 Å². The molecule has 0 aliphatic rings. The SMILES string of the molecule is CCc1nc(N(Cc2cccc(N)c2)C(C)C)cc(=O)[nH]1. The molecule has 0 spiro atoms. The van der Waals surface area contributed by atoms with Gasteiger partial charge in [0.1, 0.15) is 11.6 Å². The Bertz CT molecular complexity index is 663. The predicted octanol–water partition coefficient (Wildman–Crippen LogP) is 2.33. The van der Waals surface area contributed by atoms with Gasteiger partial charge in [-0.1, -0.05) is 19.1 Å². The van der Waals surface area contributed by atoms with Gasteiger partial charge in [-0.05, 0) is 31.5 Å². The minimum absolute atomic E-state index is 0.116. The fourth-order valence-corrected chi connectivity index (χ4v) is 2.22. The number of rotatable bonds is 5. The zero-order chi connectivity index (χ0) is 15.4. The molecule has 5 nitrogen and oxygen atoms in total. The molecule has 0 aliphatic carbocycles. The van der Waals surface area contributed by atoms with Crippen LogP contribution in [0.5, 0.6) is 0 Å². The summed E-state index contributed by atoms with van der Waals surface area (Å²) in [4.78, 5) is 21.1. The summed E-state index contributed by atoms with van der Waals surface area (Å²) in [6.07, 6.45) is 0.702. The normalized spacial score (nSPS) is 10.9. The molecule has 3 N–H and O–H groups in total. The van der Waals surface area contributed by atoms with Gasteiger partial charge in [0.05, 0.1) is 0 Å². The van der Waals surface area contributed by atoms with Crippen LogP contribution in [0.1, 0.15) is 32.2 Å². The Morgan fingerprint density at radius 1 is 1.33 bits per heavy atom. The van der Waals surface area contributed by atoms with E-state index in [1.807, 2.05) is 31.2 Å². The van der Waals surface area contributed by atoms with E-state index in [9.17, 15) is 4.79 Å². The first-order valence-corrected chi connectivity index (χ1v) is 7.21.